The molecule has 0 amide bonds. The number of aryl methyl sites for hydroxylation is 2. The molecule has 0 aliphatic heterocycles. The van der Waals surface area contributed by atoms with E-state index in [2.05, 4.69) is 4.74 Å². The Morgan fingerprint density at radius 2 is 1.87 bits per heavy atom. The molecule has 0 atom stereocenters. The van der Waals surface area contributed by atoms with Crippen LogP contribution in [0, 0.1) is 13.8 Å². The molecule has 0 bridgehead atoms. The van der Waals surface area contributed by atoms with Crippen LogP contribution in [0.4, 0.5) is 0 Å². The van der Waals surface area contributed by atoms with Gasteiger partial charge in [0.15, 0.2) is 0 Å². The van der Waals surface area contributed by atoms with E-state index in [1.165, 1.54) is 7.11 Å². The first-order valence-electron chi connectivity index (χ1n) is 4.94. The quantitative estimate of drug-likeness (QED) is 0.764. The van der Waals surface area contributed by atoms with E-state index in [4.69, 9.17) is 5.73 Å². The molecule has 1 rings (SSSR count). The summed E-state index contributed by atoms with van der Waals surface area (Å²) in [5.74, 6) is -0.207. The van der Waals surface area contributed by atoms with Gasteiger partial charge in [-0.3, -0.25) is 4.79 Å². The summed E-state index contributed by atoms with van der Waals surface area (Å²) in [6.07, 6.45) is 0.332. The highest BCUT2D eigenvalue weighted by Gasteiger charge is 2.09. The van der Waals surface area contributed by atoms with Crippen molar-refractivity contribution in [3.63, 3.8) is 0 Å². The van der Waals surface area contributed by atoms with Crippen molar-refractivity contribution in [1.82, 2.24) is 0 Å². The number of carbonyl (C=O) groups is 1. The lowest BCUT2D eigenvalue weighted by Gasteiger charge is -2.10. The first kappa shape index (κ1) is 11.7. The number of benzene rings is 1. The van der Waals surface area contributed by atoms with Gasteiger partial charge in [0.2, 0.25) is 0 Å². The number of ether oxygens (including phenoxy) is 1. The minimum atomic E-state index is -0.207. The van der Waals surface area contributed by atoms with Gasteiger partial charge in [0.05, 0.1) is 13.5 Å². The van der Waals surface area contributed by atoms with Crippen molar-refractivity contribution in [3.05, 3.63) is 34.4 Å². The van der Waals surface area contributed by atoms with Gasteiger partial charge in [0.25, 0.3) is 0 Å². The van der Waals surface area contributed by atoms with Gasteiger partial charge < -0.3 is 10.5 Å². The van der Waals surface area contributed by atoms with Crippen molar-refractivity contribution >= 4 is 5.97 Å². The molecule has 0 heterocycles. The van der Waals surface area contributed by atoms with E-state index in [-0.39, 0.29) is 5.97 Å². The van der Waals surface area contributed by atoms with Gasteiger partial charge in [-0.1, -0.05) is 12.1 Å². The second-order valence-electron chi connectivity index (χ2n) is 3.67. The third-order valence-corrected chi connectivity index (χ3v) is 2.54. The molecule has 0 aliphatic rings. The van der Waals surface area contributed by atoms with Gasteiger partial charge in [-0.05, 0) is 36.1 Å². The smallest absolute Gasteiger partial charge is 0.309 e. The van der Waals surface area contributed by atoms with Gasteiger partial charge in [-0.25, -0.2) is 0 Å². The van der Waals surface area contributed by atoms with E-state index in [1.807, 2.05) is 26.0 Å². The number of esters is 1. The summed E-state index contributed by atoms with van der Waals surface area (Å²) >= 11 is 0. The number of nitrogens with two attached hydrogens (primary N) is 1. The molecule has 0 radical (unpaired) electrons. The van der Waals surface area contributed by atoms with Crippen LogP contribution in [0.2, 0.25) is 0 Å². The molecule has 0 aromatic heterocycles. The maximum Gasteiger partial charge on any atom is 0.309 e. The minimum absolute atomic E-state index is 0.207. The highest BCUT2D eigenvalue weighted by Crippen LogP contribution is 2.17. The third kappa shape index (κ3) is 2.80. The molecular formula is C12H17NO2. The van der Waals surface area contributed by atoms with E-state index < -0.39 is 0 Å². The monoisotopic (exact) mass is 207 g/mol. The van der Waals surface area contributed by atoms with Gasteiger partial charge in [0.1, 0.15) is 0 Å². The lowest BCUT2D eigenvalue weighted by molar-refractivity contribution is -0.139. The van der Waals surface area contributed by atoms with Crippen LogP contribution in [0.1, 0.15) is 22.3 Å². The van der Waals surface area contributed by atoms with E-state index in [9.17, 15) is 4.79 Å². The highest BCUT2D eigenvalue weighted by atomic mass is 16.5. The minimum Gasteiger partial charge on any atom is -0.469 e. The predicted molar refractivity (Wildman–Crippen MR) is 59.5 cm³/mol. The molecule has 15 heavy (non-hydrogen) atoms. The molecule has 0 saturated heterocycles. The molecule has 1 aromatic carbocycles. The zero-order valence-corrected chi connectivity index (χ0v) is 9.46. The number of carbonyl (C=O) groups excluding carboxylic acids is 1. The second kappa shape index (κ2) is 4.94. The average molecular weight is 207 g/mol. The lowest BCUT2D eigenvalue weighted by atomic mass is 9.97. The van der Waals surface area contributed by atoms with Gasteiger partial charge in [-0.15, -0.1) is 0 Å². The fraction of sp³-hybridized carbons (Fsp3) is 0.417. The molecule has 1 aromatic rings. The van der Waals surface area contributed by atoms with Crippen LogP contribution in [0.5, 0.6) is 0 Å². The summed E-state index contributed by atoms with van der Waals surface area (Å²) in [5.41, 5.74) is 9.91. The zero-order chi connectivity index (χ0) is 11.4. The summed E-state index contributed by atoms with van der Waals surface area (Å²) in [6, 6.07) is 4.04. The van der Waals surface area contributed by atoms with E-state index in [0.29, 0.717) is 13.0 Å². The number of hydrogen-bond donors (Lipinski definition) is 1. The Bertz CT molecular complexity index is 349. The Morgan fingerprint density at radius 3 is 2.27 bits per heavy atom. The van der Waals surface area contributed by atoms with Gasteiger partial charge in [0, 0.05) is 6.54 Å². The Kier molecular flexibility index (Phi) is 3.86. The molecular weight excluding hydrogens is 190 g/mol. The van der Waals surface area contributed by atoms with E-state index >= 15 is 0 Å². The fourth-order valence-electron chi connectivity index (χ4n) is 1.70. The standard InChI is InChI=1S/C12H17NO2/c1-8-4-10(7-13)5-9(2)11(8)6-12(14)15-3/h4-5H,6-7,13H2,1-3H3. The maximum absolute atomic E-state index is 11.2. The number of methoxy groups -OCH3 is 1. The van der Waals surface area contributed by atoms with E-state index in [0.717, 1.165) is 22.3 Å². The largest absolute Gasteiger partial charge is 0.469 e. The normalized spacial score (nSPS) is 10.1. The maximum atomic E-state index is 11.2. The lowest BCUT2D eigenvalue weighted by Crippen LogP contribution is -2.08. The van der Waals surface area contributed by atoms with E-state index in [1.54, 1.807) is 0 Å². The Morgan fingerprint density at radius 1 is 1.33 bits per heavy atom. The molecule has 0 spiro atoms. The Balaban J connectivity index is 3.03. The van der Waals surface area contributed by atoms with Crippen LogP contribution < -0.4 is 5.73 Å². The molecule has 0 unspecified atom stereocenters. The van der Waals surface area contributed by atoms with Crippen LogP contribution in [-0.4, -0.2) is 13.1 Å². The van der Waals surface area contributed by atoms with Crippen LogP contribution in [-0.2, 0) is 22.5 Å². The van der Waals surface area contributed by atoms with Crippen molar-refractivity contribution in [2.45, 2.75) is 26.8 Å². The summed E-state index contributed by atoms with van der Waals surface area (Å²) in [4.78, 5) is 11.2. The molecule has 3 nitrogen and oxygen atoms in total. The van der Waals surface area contributed by atoms with Crippen LogP contribution >= 0.6 is 0 Å². The predicted octanol–water partition coefficient (Wildman–Crippen LogP) is 1.48. The zero-order valence-electron chi connectivity index (χ0n) is 9.46. The van der Waals surface area contributed by atoms with Crippen molar-refractivity contribution in [1.29, 1.82) is 0 Å². The Hall–Kier alpha value is -1.35. The summed E-state index contributed by atoms with van der Waals surface area (Å²) in [7, 11) is 1.40. The SMILES string of the molecule is COC(=O)Cc1c(C)cc(CN)cc1C. The first-order valence-corrected chi connectivity index (χ1v) is 4.94. The molecule has 2 N–H and O–H groups in total. The molecule has 0 aliphatic carbocycles. The number of hydrogen-bond acceptors (Lipinski definition) is 3. The third-order valence-electron chi connectivity index (χ3n) is 2.54. The Labute approximate surface area is 90.2 Å². The molecule has 0 fully saturated rings. The van der Waals surface area contributed by atoms with Crippen molar-refractivity contribution in [2.75, 3.05) is 7.11 Å². The van der Waals surface area contributed by atoms with Crippen molar-refractivity contribution in [2.24, 2.45) is 5.73 Å². The molecule has 3 heteroatoms. The average Bonchev–Trinajstić information content (AvgIpc) is 2.22. The van der Waals surface area contributed by atoms with Gasteiger partial charge >= 0.3 is 5.97 Å². The fourth-order valence-corrected chi connectivity index (χ4v) is 1.70. The van der Waals surface area contributed by atoms with Crippen LogP contribution in [0.25, 0.3) is 0 Å². The number of rotatable bonds is 3. The van der Waals surface area contributed by atoms with Gasteiger partial charge in [-0.2, -0.15) is 0 Å². The topological polar surface area (TPSA) is 52.3 Å². The first-order chi connectivity index (χ1) is 7.08. The molecule has 82 valence electrons. The second-order valence-corrected chi connectivity index (χ2v) is 3.67. The summed E-state index contributed by atoms with van der Waals surface area (Å²) in [5, 5.41) is 0. The van der Waals surface area contributed by atoms with Crippen LogP contribution in [0.3, 0.4) is 0 Å². The summed E-state index contributed by atoms with van der Waals surface area (Å²) in [6.45, 7) is 4.51. The summed E-state index contributed by atoms with van der Waals surface area (Å²) < 4.78 is 4.66. The highest BCUT2D eigenvalue weighted by molar-refractivity contribution is 5.73. The van der Waals surface area contributed by atoms with Crippen molar-refractivity contribution in [3.8, 4) is 0 Å². The molecule has 0 saturated carbocycles. The van der Waals surface area contributed by atoms with Crippen LogP contribution in [0.15, 0.2) is 12.1 Å². The van der Waals surface area contributed by atoms with Crippen molar-refractivity contribution < 1.29 is 9.53 Å².